The van der Waals surface area contributed by atoms with Crippen molar-refractivity contribution in [3.8, 4) is 0 Å². The highest BCUT2D eigenvalue weighted by Crippen LogP contribution is 2.27. The van der Waals surface area contributed by atoms with E-state index in [-0.39, 0.29) is 24.2 Å². The SMILES string of the molecule is Cc1cc(=O)oc2cc(Nc3nc(N4C[C@H](N)C[C@H](N)C4)nc(N4C[C@@H](N)C[C@@H]4CN)n3)ccc12. The van der Waals surface area contributed by atoms with Gasteiger partial charge in [-0.1, -0.05) is 0 Å². The number of fused-ring (bicyclic) bond motifs is 1. The summed E-state index contributed by atoms with van der Waals surface area (Å²) >= 11 is 0. The molecule has 12 heteroatoms. The van der Waals surface area contributed by atoms with Crippen LogP contribution in [0.5, 0.6) is 0 Å². The van der Waals surface area contributed by atoms with E-state index >= 15 is 0 Å². The second-order valence-electron chi connectivity index (χ2n) is 9.54. The fourth-order valence-electron chi connectivity index (χ4n) is 4.97. The minimum atomic E-state index is -0.396. The van der Waals surface area contributed by atoms with E-state index in [4.69, 9.17) is 37.3 Å². The van der Waals surface area contributed by atoms with Crippen molar-refractivity contribution >= 4 is 34.5 Å². The Morgan fingerprint density at radius 1 is 1.00 bits per heavy atom. The summed E-state index contributed by atoms with van der Waals surface area (Å²) in [6, 6.07) is 6.90. The Balaban J connectivity index is 1.53. The number of aryl methyl sites for hydroxylation is 1. The number of piperidine rings is 1. The molecule has 0 saturated carbocycles. The standard InChI is InChI=1S/C23H32N10O2/c1-12-4-20(34)35-19-7-16(2-3-18(12)19)28-21-29-22(32-9-13(25)5-14(26)10-32)31-23(30-21)33-11-15(27)6-17(33)8-24/h2-4,7,13-15,17H,5-6,8-11,24-27H2,1H3,(H,28,29,30,31)/t13-,14+,15-,17+/m0/s1. The van der Waals surface area contributed by atoms with Crippen LogP contribution in [0, 0.1) is 6.92 Å². The first-order valence-electron chi connectivity index (χ1n) is 11.8. The molecule has 4 atom stereocenters. The molecule has 186 valence electrons. The number of nitrogens with one attached hydrogen (secondary N) is 1. The number of rotatable bonds is 5. The smallest absolute Gasteiger partial charge is 0.336 e. The lowest BCUT2D eigenvalue weighted by atomic mass is 10.0. The van der Waals surface area contributed by atoms with E-state index in [0.717, 1.165) is 23.8 Å². The summed E-state index contributed by atoms with van der Waals surface area (Å²) in [5.41, 5.74) is 26.3. The number of nitrogens with two attached hydrogens (primary N) is 4. The lowest BCUT2D eigenvalue weighted by Gasteiger charge is -2.35. The van der Waals surface area contributed by atoms with Gasteiger partial charge in [-0.15, -0.1) is 0 Å². The third kappa shape index (κ3) is 4.91. The van der Waals surface area contributed by atoms with Gasteiger partial charge in [-0.25, -0.2) is 4.79 Å². The molecule has 5 rings (SSSR count). The molecule has 35 heavy (non-hydrogen) atoms. The van der Waals surface area contributed by atoms with Gasteiger partial charge in [0.15, 0.2) is 0 Å². The maximum Gasteiger partial charge on any atom is 0.336 e. The maximum absolute atomic E-state index is 11.9. The summed E-state index contributed by atoms with van der Waals surface area (Å²) in [4.78, 5) is 30.0. The van der Waals surface area contributed by atoms with Crippen LogP contribution < -0.4 is 43.7 Å². The Morgan fingerprint density at radius 3 is 2.46 bits per heavy atom. The molecule has 0 spiro atoms. The Kier molecular flexibility index (Phi) is 6.28. The largest absolute Gasteiger partial charge is 0.423 e. The van der Waals surface area contributed by atoms with E-state index in [1.54, 1.807) is 6.07 Å². The van der Waals surface area contributed by atoms with Gasteiger partial charge in [-0.3, -0.25) is 0 Å². The molecule has 0 unspecified atom stereocenters. The van der Waals surface area contributed by atoms with E-state index < -0.39 is 5.63 Å². The molecule has 0 radical (unpaired) electrons. The molecule has 3 aromatic rings. The molecule has 2 fully saturated rings. The Bertz CT molecular complexity index is 1270. The molecule has 2 aliphatic heterocycles. The van der Waals surface area contributed by atoms with Gasteiger partial charge in [-0.05, 0) is 37.5 Å². The van der Waals surface area contributed by atoms with Crippen molar-refractivity contribution in [3.63, 3.8) is 0 Å². The minimum Gasteiger partial charge on any atom is -0.423 e. The number of aromatic nitrogens is 3. The van der Waals surface area contributed by atoms with Crippen molar-refractivity contribution in [1.82, 2.24) is 15.0 Å². The first-order chi connectivity index (χ1) is 16.8. The van der Waals surface area contributed by atoms with Crippen LogP contribution in [-0.2, 0) is 0 Å². The van der Waals surface area contributed by atoms with Gasteiger partial charge in [-0.2, -0.15) is 15.0 Å². The Hall–Kier alpha value is -3.32. The summed E-state index contributed by atoms with van der Waals surface area (Å²) in [7, 11) is 0. The molecule has 2 aromatic heterocycles. The molecule has 0 bridgehead atoms. The highest BCUT2D eigenvalue weighted by molar-refractivity contribution is 5.83. The Morgan fingerprint density at radius 2 is 1.71 bits per heavy atom. The van der Waals surface area contributed by atoms with Gasteiger partial charge < -0.3 is 42.5 Å². The van der Waals surface area contributed by atoms with Crippen LogP contribution in [0.25, 0.3) is 11.0 Å². The molecule has 12 nitrogen and oxygen atoms in total. The molecular formula is C23H32N10O2. The summed E-state index contributed by atoms with van der Waals surface area (Å²) in [5, 5.41) is 4.10. The van der Waals surface area contributed by atoms with Crippen LogP contribution in [0.3, 0.4) is 0 Å². The number of hydrogen-bond donors (Lipinski definition) is 5. The van der Waals surface area contributed by atoms with Crippen LogP contribution in [0.15, 0.2) is 33.5 Å². The van der Waals surface area contributed by atoms with Gasteiger partial charge >= 0.3 is 5.63 Å². The maximum atomic E-state index is 11.9. The van der Waals surface area contributed by atoms with Gasteiger partial charge in [0, 0.05) is 73.6 Å². The average molecular weight is 481 g/mol. The predicted octanol–water partition coefficient (Wildman–Crippen LogP) is -0.241. The first kappa shape index (κ1) is 23.4. The lowest BCUT2D eigenvalue weighted by Crippen LogP contribution is -2.53. The molecule has 2 aliphatic rings. The van der Waals surface area contributed by atoms with E-state index in [1.165, 1.54) is 6.07 Å². The molecular weight excluding hydrogens is 448 g/mol. The normalized spacial score (nSPS) is 24.8. The third-order valence-electron chi connectivity index (χ3n) is 6.59. The second kappa shape index (κ2) is 9.38. The van der Waals surface area contributed by atoms with E-state index in [2.05, 4.69) is 10.3 Å². The minimum absolute atomic E-state index is 0.0105. The summed E-state index contributed by atoms with van der Waals surface area (Å²) in [6.45, 7) is 4.11. The van der Waals surface area contributed by atoms with Crippen molar-refractivity contribution in [3.05, 3.63) is 40.2 Å². The Labute approximate surface area is 202 Å². The van der Waals surface area contributed by atoms with E-state index in [9.17, 15) is 4.79 Å². The zero-order valence-electron chi connectivity index (χ0n) is 19.7. The second-order valence-corrected chi connectivity index (χ2v) is 9.54. The molecule has 4 heterocycles. The first-order valence-corrected chi connectivity index (χ1v) is 11.8. The summed E-state index contributed by atoms with van der Waals surface area (Å²) in [5.74, 6) is 1.34. The van der Waals surface area contributed by atoms with Crippen LogP contribution in [-0.4, -0.2) is 65.3 Å². The predicted molar refractivity (Wildman–Crippen MR) is 136 cm³/mol. The van der Waals surface area contributed by atoms with Crippen LogP contribution in [0.4, 0.5) is 23.5 Å². The highest BCUT2D eigenvalue weighted by Gasteiger charge is 2.32. The fraction of sp³-hybridized carbons (Fsp3) is 0.478. The number of anilines is 4. The number of benzene rings is 1. The van der Waals surface area contributed by atoms with Crippen LogP contribution in [0.1, 0.15) is 18.4 Å². The molecule has 9 N–H and O–H groups in total. The summed E-state index contributed by atoms with van der Waals surface area (Å²) in [6.07, 6.45) is 1.51. The molecule has 0 amide bonds. The lowest BCUT2D eigenvalue weighted by molar-refractivity contribution is 0.447. The van der Waals surface area contributed by atoms with Crippen molar-refractivity contribution in [1.29, 1.82) is 0 Å². The quantitative estimate of drug-likeness (QED) is 0.301. The zero-order chi connectivity index (χ0) is 24.7. The van der Waals surface area contributed by atoms with Crippen molar-refractivity contribution in [2.24, 2.45) is 22.9 Å². The monoisotopic (exact) mass is 480 g/mol. The molecule has 1 aromatic carbocycles. The van der Waals surface area contributed by atoms with Crippen LogP contribution in [0.2, 0.25) is 0 Å². The third-order valence-corrected chi connectivity index (χ3v) is 6.59. The van der Waals surface area contributed by atoms with Crippen LogP contribution >= 0.6 is 0 Å². The van der Waals surface area contributed by atoms with Crippen molar-refractivity contribution in [2.75, 3.05) is 41.3 Å². The van der Waals surface area contributed by atoms with Crippen molar-refractivity contribution in [2.45, 2.75) is 43.9 Å². The van der Waals surface area contributed by atoms with E-state index in [1.807, 2.05) is 28.9 Å². The summed E-state index contributed by atoms with van der Waals surface area (Å²) < 4.78 is 5.39. The van der Waals surface area contributed by atoms with Gasteiger partial charge in [0.05, 0.1) is 0 Å². The van der Waals surface area contributed by atoms with E-state index in [0.29, 0.717) is 55.3 Å². The average Bonchev–Trinajstić information content (AvgIpc) is 3.18. The highest BCUT2D eigenvalue weighted by atomic mass is 16.4. The van der Waals surface area contributed by atoms with Gasteiger partial charge in [0.2, 0.25) is 17.8 Å². The molecule has 2 saturated heterocycles. The number of nitrogens with zero attached hydrogens (tertiary/aromatic N) is 5. The topological polar surface area (TPSA) is 191 Å². The fourth-order valence-corrected chi connectivity index (χ4v) is 4.97. The number of hydrogen-bond acceptors (Lipinski definition) is 12. The van der Waals surface area contributed by atoms with Gasteiger partial charge in [0.1, 0.15) is 5.58 Å². The van der Waals surface area contributed by atoms with Crippen molar-refractivity contribution < 1.29 is 4.42 Å². The zero-order valence-corrected chi connectivity index (χ0v) is 19.7. The van der Waals surface area contributed by atoms with Gasteiger partial charge in [0.25, 0.3) is 0 Å². The molecule has 0 aliphatic carbocycles.